The molecule has 36 heavy (non-hydrogen) atoms. The number of aryl methyl sites for hydroxylation is 2. The molecule has 0 spiro atoms. The Labute approximate surface area is 211 Å². The zero-order chi connectivity index (χ0) is 25.6. The second-order valence-corrected chi connectivity index (χ2v) is 9.62. The normalized spacial score (nSPS) is 17.2. The molecular formula is C28H23FN2O4S. The van der Waals surface area contributed by atoms with Crippen LogP contribution >= 0.6 is 11.3 Å². The van der Waals surface area contributed by atoms with Gasteiger partial charge in [-0.2, -0.15) is 0 Å². The van der Waals surface area contributed by atoms with E-state index in [0.29, 0.717) is 28.6 Å². The van der Waals surface area contributed by atoms with Gasteiger partial charge in [-0.1, -0.05) is 29.5 Å². The summed E-state index contributed by atoms with van der Waals surface area (Å²) in [7, 11) is 0. The predicted octanol–water partition coefficient (Wildman–Crippen LogP) is 6.08. The van der Waals surface area contributed by atoms with Crippen molar-refractivity contribution in [2.75, 3.05) is 11.5 Å². The minimum atomic E-state index is -1.05. The molecule has 4 aromatic rings. The highest BCUT2D eigenvalue weighted by Crippen LogP contribution is 2.44. The molecule has 1 fully saturated rings. The van der Waals surface area contributed by atoms with Crippen LogP contribution in [-0.4, -0.2) is 28.4 Å². The van der Waals surface area contributed by atoms with Crippen LogP contribution in [-0.2, 0) is 9.59 Å². The van der Waals surface area contributed by atoms with Crippen LogP contribution < -0.4 is 9.64 Å². The molecule has 5 rings (SSSR count). The lowest BCUT2D eigenvalue weighted by molar-refractivity contribution is -0.132. The first-order valence-electron chi connectivity index (χ1n) is 11.5. The van der Waals surface area contributed by atoms with Crippen LogP contribution in [0, 0.1) is 19.7 Å². The van der Waals surface area contributed by atoms with Crippen molar-refractivity contribution in [3.8, 4) is 5.75 Å². The van der Waals surface area contributed by atoms with Gasteiger partial charge in [-0.3, -0.25) is 14.5 Å². The minimum Gasteiger partial charge on any atom is -0.507 e. The summed E-state index contributed by atoms with van der Waals surface area (Å²) in [5.74, 6) is -1.94. The molecule has 0 aliphatic carbocycles. The Morgan fingerprint density at radius 2 is 1.86 bits per heavy atom. The molecule has 1 amide bonds. The van der Waals surface area contributed by atoms with Gasteiger partial charge in [0, 0.05) is 5.56 Å². The number of fused-ring (bicyclic) bond motifs is 1. The number of nitrogens with zero attached hydrogens (tertiary/aromatic N) is 2. The number of thiazole rings is 1. The largest absolute Gasteiger partial charge is 0.507 e. The zero-order valence-electron chi connectivity index (χ0n) is 19.9. The molecule has 8 heteroatoms. The van der Waals surface area contributed by atoms with Crippen LogP contribution in [0.3, 0.4) is 0 Å². The number of ketones is 1. The van der Waals surface area contributed by atoms with E-state index in [2.05, 4.69) is 4.98 Å². The van der Waals surface area contributed by atoms with Crippen molar-refractivity contribution >= 4 is 44.1 Å². The smallest absolute Gasteiger partial charge is 0.301 e. The number of hydrogen-bond acceptors (Lipinski definition) is 6. The van der Waals surface area contributed by atoms with Crippen molar-refractivity contribution in [3.05, 3.63) is 94.3 Å². The molecule has 6 nitrogen and oxygen atoms in total. The number of rotatable bonds is 5. The van der Waals surface area contributed by atoms with E-state index in [0.717, 1.165) is 21.3 Å². The fraction of sp³-hybridized carbons (Fsp3) is 0.179. The van der Waals surface area contributed by atoms with E-state index in [1.165, 1.54) is 34.4 Å². The van der Waals surface area contributed by atoms with Gasteiger partial charge in [0.05, 0.1) is 28.4 Å². The average molecular weight is 503 g/mol. The van der Waals surface area contributed by atoms with Gasteiger partial charge < -0.3 is 9.84 Å². The molecule has 3 aromatic carbocycles. The Balaban J connectivity index is 1.70. The summed E-state index contributed by atoms with van der Waals surface area (Å²) in [6.45, 7) is 6.25. The predicted molar refractivity (Wildman–Crippen MR) is 138 cm³/mol. The van der Waals surface area contributed by atoms with Gasteiger partial charge in [0.25, 0.3) is 5.78 Å². The van der Waals surface area contributed by atoms with Crippen LogP contribution in [0.15, 0.2) is 66.2 Å². The third kappa shape index (κ3) is 4.03. The molecule has 1 unspecified atom stereocenters. The fourth-order valence-electron chi connectivity index (χ4n) is 4.52. The highest BCUT2D eigenvalue weighted by atomic mass is 32.1. The Morgan fingerprint density at radius 1 is 1.11 bits per heavy atom. The highest BCUT2D eigenvalue weighted by molar-refractivity contribution is 7.22. The maximum absolute atomic E-state index is 14.3. The first-order chi connectivity index (χ1) is 17.3. The van der Waals surface area contributed by atoms with Crippen LogP contribution in [0.4, 0.5) is 9.52 Å². The van der Waals surface area contributed by atoms with E-state index >= 15 is 0 Å². The lowest BCUT2D eigenvalue weighted by Crippen LogP contribution is -2.29. The molecule has 1 atom stereocenters. The van der Waals surface area contributed by atoms with Crippen LogP contribution in [0.5, 0.6) is 5.75 Å². The van der Waals surface area contributed by atoms with Gasteiger partial charge in [-0.05, 0) is 79.9 Å². The van der Waals surface area contributed by atoms with E-state index in [-0.39, 0.29) is 11.3 Å². The number of carbonyl (C=O) groups excluding carboxylic acids is 2. The molecule has 1 N–H and O–H groups in total. The summed E-state index contributed by atoms with van der Waals surface area (Å²) in [6.07, 6.45) is 0. The summed E-state index contributed by atoms with van der Waals surface area (Å²) in [6, 6.07) is 15.2. The monoisotopic (exact) mass is 502 g/mol. The van der Waals surface area contributed by atoms with Crippen LogP contribution in [0.1, 0.15) is 35.2 Å². The summed E-state index contributed by atoms with van der Waals surface area (Å²) >= 11 is 1.28. The topological polar surface area (TPSA) is 79.7 Å². The number of aromatic nitrogens is 1. The van der Waals surface area contributed by atoms with Crippen molar-refractivity contribution in [1.29, 1.82) is 0 Å². The van der Waals surface area contributed by atoms with Crippen molar-refractivity contribution < 1.29 is 23.8 Å². The molecule has 0 saturated carbocycles. The molecule has 0 bridgehead atoms. The third-order valence-corrected chi connectivity index (χ3v) is 7.07. The van der Waals surface area contributed by atoms with Gasteiger partial charge in [0.15, 0.2) is 5.13 Å². The molecule has 1 aromatic heterocycles. The number of aliphatic hydroxyl groups excluding tert-OH is 1. The maximum Gasteiger partial charge on any atom is 0.301 e. The second kappa shape index (κ2) is 9.20. The molecular weight excluding hydrogens is 479 g/mol. The lowest BCUT2D eigenvalue weighted by Gasteiger charge is -2.23. The maximum atomic E-state index is 14.3. The number of ether oxygens (including phenoxy) is 1. The van der Waals surface area contributed by atoms with Gasteiger partial charge in [-0.15, -0.1) is 0 Å². The number of carbonyl (C=O) groups is 2. The molecule has 1 aliphatic rings. The van der Waals surface area contributed by atoms with Crippen molar-refractivity contribution in [1.82, 2.24) is 4.98 Å². The average Bonchev–Trinajstić information content (AvgIpc) is 3.38. The molecule has 0 radical (unpaired) electrons. The number of benzene rings is 3. The second-order valence-electron chi connectivity index (χ2n) is 8.61. The first kappa shape index (κ1) is 23.7. The third-order valence-electron chi connectivity index (χ3n) is 6.07. The van der Waals surface area contributed by atoms with Gasteiger partial charge >= 0.3 is 5.91 Å². The van der Waals surface area contributed by atoms with Gasteiger partial charge in [0.1, 0.15) is 17.3 Å². The fourth-order valence-corrected chi connectivity index (χ4v) is 5.68. The van der Waals surface area contributed by atoms with Crippen molar-refractivity contribution in [2.45, 2.75) is 26.8 Å². The number of anilines is 1. The van der Waals surface area contributed by atoms with Crippen LogP contribution in [0.25, 0.3) is 16.0 Å². The number of amides is 1. The summed E-state index contributed by atoms with van der Waals surface area (Å²) in [4.78, 5) is 32.6. The first-order valence-corrected chi connectivity index (χ1v) is 12.3. The Bertz CT molecular complexity index is 1540. The van der Waals surface area contributed by atoms with Gasteiger partial charge in [-0.25, -0.2) is 9.37 Å². The Kier molecular flexibility index (Phi) is 6.05. The lowest BCUT2D eigenvalue weighted by atomic mass is 9.95. The van der Waals surface area contributed by atoms with E-state index in [9.17, 15) is 19.1 Å². The molecule has 1 saturated heterocycles. The minimum absolute atomic E-state index is 0.123. The standard InChI is InChI=1S/C28H23FN2O4S/c1-4-35-20-10-8-17(9-11-20)25(32)22-24(18-6-5-7-19(29)14-18)31(27(34)26(22)33)28-30-23-16(3)12-15(2)13-21(23)36-28/h5-14,24,32H,4H2,1-3H3. The molecule has 2 heterocycles. The Hall–Kier alpha value is -4.04. The summed E-state index contributed by atoms with van der Waals surface area (Å²) < 4.78 is 20.6. The van der Waals surface area contributed by atoms with Crippen molar-refractivity contribution in [3.63, 3.8) is 0 Å². The van der Waals surface area contributed by atoms with Crippen LogP contribution in [0.2, 0.25) is 0 Å². The summed E-state index contributed by atoms with van der Waals surface area (Å²) in [5.41, 5.74) is 3.30. The van der Waals surface area contributed by atoms with E-state index in [4.69, 9.17) is 4.74 Å². The summed E-state index contributed by atoms with van der Waals surface area (Å²) in [5, 5.41) is 11.5. The molecule has 1 aliphatic heterocycles. The van der Waals surface area contributed by atoms with E-state index < -0.39 is 23.5 Å². The van der Waals surface area contributed by atoms with Crippen molar-refractivity contribution in [2.24, 2.45) is 0 Å². The zero-order valence-corrected chi connectivity index (χ0v) is 20.7. The quantitative estimate of drug-likeness (QED) is 0.203. The number of aliphatic hydroxyl groups is 1. The highest BCUT2D eigenvalue weighted by Gasteiger charge is 2.48. The number of Topliss-reactive ketones (excluding diaryl/α,β-unsaturated/α-hetero) is 1. The van der Waals surface area contributed by atoms with E-state index in [1.807, 2.05) is 32.9 Å². The number of halogens is 1. The number of hydrogen-bond donors (Lipinski definition) is 1. The Morgan fingerprint density at radius 3 is 2.56 bits per heavy atom. The van der Waals surface area contributed by atoms with E-state index in [1.54, 1.807) is 30.3 Å². The molecule has 182 valence electrons. The SMILES string of the molecule is CCOc1ccc(C(O)=C2C(=O)C(=O)N(c3nc4c(C)cc(C)cc4s3)C2c2cccc(F)c2)cc1. The van der Waals surface area contributed by atoms with Gasteiger partial charge in [0.2, 0.25) is 0 Å².